The van der Waals surface area contributed by atoms with E-state index in [9.17, 15) is 4.79 Å². The maximum Gasteiger partial charge on any atom is 0.274 e. The molecule has 2 aromatic carbocycles. The molecule has 0 saturated carbocycles. The molecular formula is C19H11IN2O2S. The topological polar surface area (TPSA) is 43.6 Å². The Morgan fingerprint density at radius 1 is 1.32 bits per heavy atom. The summed E-state index contributed by atoms with van der Waals surface area (Å²) < 4.78 is 8.74. The van der Waals surface area contributed by atoms with E-state index in [0.29, 0.717) is 9.49 Å². The van der Waals surface area contributed by atoms with Gasteiger partial charge in [-0.2, -0.15) is 0 Å². The summed E-state index contributed by atoms with van der Waals surface area (Å²) in [6.07, 6.45) is 7.09. The highest BCUT2D eigenvalue weighted by Gasteiger charge is 2.10. The minimum absolute atomic E-state index is 0.0450. The molecule has 0 radical (unpaired) electrons. The van der Waals surface area contributed by atoms with Crippen LogP contribution >= 0.6 is 33.9 Å². The number of aromatic nitrogens is 2. The molecule has 25 heavy (non-hydrogen) atoms. The van der Waals surface area contributed by atoms with Gasteiger partial charge in [-0.15, -0.1) is 6.42 Å². The maximum atomic E-state index is 12.8. The molecule has 0 aliphatic rings. The van der Waals surface area contributed by atoms with Crippen molar-refractivity contribution in [3.8, 4) is 18.1 Å². The summed E-state index contributed by atoms with van der Waals surface area (Å²) in [7, 11) is 0. The van der Waals surface area contributed by atoms with Gasteiger partial charge in [-0.25, -0.2) is 9.38 Å². The third-order valence-electron chi connectivity index (χ3n) is 3.71. The molecule has 0 bridgehead atoms. The molecule has 4 nitrogen and oxygen atoms in total. The zero-order valence-electron chi connectivity index (χ0n) is 12.9. The second-order valence-corrected chi connectivity index (χ2v) is 7.49. The predicted octanol–water partition coefficient (Wildman–Crippen LogP) is 3.07. The third-order valence-corrected chi connectivity index (χ3v) is 5.52. The molecule has 0 fully saturated rings. The molecule has 0 aliphatic carbocycles. The highest BCUT2D eigenvalue weighted by molar-refractivity contribution is 14.1. The summed E-state index contributed by atoms with van der Waals surface area (Å²) in [4.78, 5) is 18.0. The summed E-state index contributed by atoms with van der Waals surface area (Å²) >= 11 is 3.59. The lowest BCUT2D eigenvalue weighted by Crippen LogP contribution is -2.22. The first-order valence-electron chi connectivity index (χ1n) is 7.45. The van der Waals surface area contributed by atoms with E-state index in [4.69, 9.17) is 11.2 Å². The maximum absolute atomic E-state index is 12.8. The number of terminal acetylenes is 1. The largest absolute Gasteiger partial charge is 0.480 e. The van der Waals surface area contributed by atoms with E-state index in [1.807, 2.05) is 48.5 Å². The van der Waals surface area contributed by atoms with Crippen LogP contribution in [-0.4, -0.2) is 16.0 Å². The van der Waals surface area contributed by atoms with Crippen LogP contribution in [0.2, 0.25) is 0 Å². The summed E-state index contributed by atoms with van der Waals surface area (Å²) in [5, 5.41) is 0. The van der Waals surface area contributed by atoms with Gasteiger partial charge in [0.15, 0.2) is 4.96 Å². The van der Waals surface area contributed by atoms with E-state index in [2.05, 4.69) is 33.5 Å². The van der Waals surface area contributed by atoms with Gasteiger partial charge in [0, 0.05) is 0 Å². The number of rotatable bonds is 3. The Kier molecular flexibility index (Phi) is 4.19. The molecular weight excluding hydrogens is 447 g/mol. The number of ether oxygens (including phenoxy) is 1. The number of thiazole rings is 1. The van der Waals surface area contributed by atoms with Gasteiger partial charge >= 0.3 is 0 Å². The van der Waals surface area contributed by atoms with E-state index in [-0.39, 0.29) is 12.2 Å². The van der Waals surface area contributed by atoms with Crippen molar-refractivity contribution in [2.24, 2.45) is 0 Å². The zero-order valence-corrected chi connectivity index (χ0v) is 15.9. The highest BCUT2D eigenvalue weighted by atomic mass is 127. The highest BCUT2D eigenvalue weighted by Crippen LogP contribution is 2.22. The van der Waals surface area contributed by atoms with Crippen LogP contribution in [0, 0.1) is 15.9 Å². The quantitative estimate of drug-likeness (QED) is 0.350. The zero-order chi connectivity index (χ0) is 17.4. The lowest BCUT2D eigenvalue weighted by Gasteiger charge is -2.05. The monoisotopic (exact) mass is 458 g/mol. The third kappa shape index (κ3) is 2.90. The van der Waals surface area contributed by atoms with Crippen LogP contribution in [0.4, 0.5) is 0 Å². The number of nitrogens with zero attached hydrogens (tertiary/aromatic N) is 2. The van der Waals surface area contributed by atoms with E-state index in [1.165, 1.54) is 11.3 Å². The molecule has 0 saturated heterocycles. The van der Waals surface area contributed by atoms with Gasteiger partial charge < -0.3 is 4.74 Å². The second-order valence-electron chi connectivity index (χ2n) is 5.32. The minimum atomic E-state index is -0.0450. The van der Waals surface area contributed by atoms with Crippen LogP contribution in [0.15, 0.2) is 47.3 Å². The molecule has 4 rings (SSSR count). The Hall–Kier alpha value is -2.37. The lowest BCUT2D eigenvalue weighted by atomic mass is 10.2. The van der Waals surface area contributed by atoms with Crippen LogP contribution in [0.25, 0.3) is 22.1 Å². The van der Waals surface area contributed by atoms with Crippen molar-refractivity contribution in [3.05, 3.63) is 66.5 Å². The van der Waals surface area contributed by atoms with Crippen molar-refractivity contribution in [2.45, 2.75) is 0 Å². The van der Waals surface area contributed by atoms with Crippen LogP contribution in [0.3, 0.4) is 0 Å². The van der Waals surface area contributed by atoms with Gasteiger partial charge in [0.1, 0.15) is 12.4 Å². The normalized spacial score (nSPS) is 11.9. The molecule has 4 aromatic rings. The van der Waals surface area contributed by atoms with Gasteiger partial charge in [-0.05, 0) is 58.5 Å². The van der Waals surface area contributed by atoms with Gasteiger partial charge in [-0.1, -0.05) is 35.5 Å². The molecule has 2 heterocycles. The number of fused-ring (bicyclic) bond motifs is 3. The van der Waals surface area contributed by atoms with Crippen molar-refractivity contribution in [3.63, 3.8) is 0 Å². The molecule has 2 aromatic heterocycles. The molecule has 0 spiro atoms. The Labute approximate surface area is 160 Å². The Balaban J connectivity index is 1.82. The Morgan fingerprint density at radius 3 is 2.96 bits per heavy atom. The fraction of sp³-hybridized carbons (Fsp3) is 0.0526. The fourth-order valence-electron chi connectivity index (χ4n) is 2.61. The Morgan fingerprint density at radius 2 is 2.16 bits per heavy atom. The summed E-state index contributed by atoms with van der Waals surface area (Å²) in [5.41, 5.74) is 2.56. The van der Waals surface area contributed by atoms with Crippen molar-refractivity contribution in [2.75, 3.05) is 6.61 Å². The SMILES string of the molecule is C#CCOc1ccc(/C=c2/sc3nc4ccccc4n3c2=O)cc1I. The van der Waals surface area contributed by atoms with Crippen molar-refractivity contribution >= 4 is 56.0 Å². The average Bonchev–Trinajstić information content (AvgIpc) is 3.11. The molecule has 122 valence electrons. The molecule has 0 N–H and O–H groups in total. The number of halogens is 1. The summed E-state index contributed by atoms with van der Waals surface area (Å²) in [6.45, 7) is 0.235. The molecule has 0 unspecified atom stereocenters. The van der Waals surface area contributed by atoms with Crippen LogP contribution < -0.4 is 14.8 Å². The van der Waals surface area contributed by atoms with Gasteiger partial charge in [-0.3, -0.25) is 4.79 Å². The molecule has 0 aliphatic heterocycles. The summed E-state index contributed by atoms with van der Waals surface area (Å²) in [6, 6.07) is 13.4. The van der Waals surface area contributed by atoms with E-state index >= 15 is 0 Å². The average molecular weight is 458 g/mol. The second kappa shape index (κ2) is 6.50. The van der Waals surface area contributed by atoms with Gasteiger partial charge in [0.25, 0.3) is 5.56 Å². The van der Waals surface area contributed by atoms with Crippen LogP contribution in [0.5, 0.6) is 5.75 Å². The van der Waals surface area contributed by atoms with Crippen LogP contribution in [-0.2, 0) is 0 Å². The first-order chi connectivity index (χ1) is 12.2. The number of hydrogen-bond acceptors (Lipinski definition) is 4. The smallest absolute Gasteiger partial charge is 0.274 e. The van der Waals surface area contributed by atoms with Gasteiger partial charge in [0.2, 0.25) is 0 Å². The number of hydrogen-bond donors (Lipinski definition) is 0. The van der Waals surface area contributed by atoms with Gasteiger partial charge in [0.05, 0.1) is 19.1 Å². The minimum Gasteiger partial charge on any atom is -0.480 e. The predicted molar refractivity (Wildman–Crippen MR) is 109 cm³/mol. The first-order valence-corrected chi connectivity index (χ1v) is 9.34. The van der Waals surface area contributed by atoms with Crippen LogP contribution in [0.1, 0.15) is 5.56 Å². The standard InChI is InChI=1S/C19H11IN2O2S/c1-2-9-24-16-8-7-12(10-13(16)20)11-17-18(23)22-15-6-4-3-5-14(15)21-19(22)25-17/h1,3-8,10-11H,9H2/b17-11+. The number of benzene rings is 2. The van der Waals surface area contributed by atoms with Crippen molar-refractivity contribution in [1.82, 2.24) is 9.38 Å². The number of para-hydroxylation sites is 2. The molecule has 0 amide bonds. The fourth-order valence-corrected chi connectivity index (χ4v) is 4.29. The molecule has 6 heteroatoms. The lowest BCUT2D eigenvalue weighted by molar-refractivity contribution is 0.368. The number of imidazole rings is 1. The Bertz CT molecular complexity index is 1250. The van der Waals surface area contributed by atoms with Crippen molar-refractivity contribution in [1.29, 1.82) is 0 Å². The van der Waals surface area contributed by atoms with E-state index in [0.717, 1.165) is 25.9 Å². The molecule has 0 atom stereocenters. The van der Waals surface area contributed by atoms with E-state index < -0.39 is 0 Å². The first kappa shape index (κ1) is 16.1. The van der Waals surface area contributed by atoms with Crippen molar-refractivity contribution < 1.29 is 4.74 Å². The summed E-state index contributed by atoms with van der Waals surface area (Å²) in [5.74, 6) is 3.19. The van der Waals surface area contributed by atoms with E-state index in [1.54, 1.807) is 4.40 Å².